The summed E-state index contributed by atoms with van der Waals surface area (Å²) in [7, 11) is 0. The van der Waals surface area contributed by atoms with E-state index >= 15 is 0 Å². The molecule has 27 heavy (non-hydrogen) atoms. The molecular weight excluding hydrogens is 337 g/mol. The largest absolute Gasteiger partial charge is 0.292 e. The second-order valence-electron chi connectivity index (χ2n) is 7.23. The van der Waals surface area contributed by atoms with Crippen LogP contribution in [-0.4, -0.2) is 21.4 Å². The van der Waals surface area contributed by atoms with E-state index in [1.165, 1.54) is 42.5 Å². The molecule has 1 aliphatic heterocycles. The predicted molar refractivity (Wildman–Crippen MR) is 105 cm³/mol. The van der Waals surface area contributed by atoms with Crippen molar-refractivity contribution in [3.05, 3.63) is 95.3 Å². The van der Waals surface area contributed by atoms with E-state index in [0.717, 1.165) is 30.8 Å². The molecule has 1 fully saturated rings. The van der Waals surface area contributed by atoms with E-state index < -0.39 is 0 Å². The molecule has 0 radical (unpaired) electrons. The molecule has 138 valence electrons. The lowest BCUT2D eigenvalue weighted by molar-refractivity contribution is 0.140. The Morgan fingerprint density at radius 1 is 0.963 bits per heavy atom. The van der Waals surface area contributed by atoms with E-state index in [0.29, 0.717) is 6.04 Å². The molecule has 3 nitrogen and oxygen atoms in total. The van der Waals surface area contributed by atoms with Crippen molar-refractivity contribution in [3.63, 3.8) is 0 Å². The molecular formula is C23H24FN3. The van der Waals surface area contributed by atoms with Gasteiger partial charge in [-0.2, -0.15) is 0 Å². The molecule has 4 rings (SSSR count). The van der Waals surface area contributed by atoms with Crippen LogP contribution >= 0.6 is 0 Å². The normalized spacial score (nSPS) is 17.7. The Balaban J connectivity index is 1.46. The Labute approximate surface area is 159 Å². The van der Waals surface area contributed by atoms with Crippen molar-refractivity contribution in [2.75, 3.05) is 6.54 Å². The first kappa shape index (κ1) is 17.8. The van der Waals surface area contributed by atoms with Crippen molar-refractivity contribution in [3.8, 4) is 0 Å². The lowest BCUT2D eigenvalue weighted by Crippen LogP contribution is -2.33. The minimum absolute atomic E-state index is 0.201. The van der Waals surface area contributed by atoms with Gasteiger partial charge in [-0.1, -0.05) is 30.7 Å². The first-order valence-electron chi connectivity index (χ1n) is 9.60. The Hall–Kier alpha value is -2.59. The van der Waals surface area contributed by atoms with Gasteiger partial charge >= 0.3 is 0 Å². The Bertz CT molecular complexity index is 847. The number of piperidine rings is 1. The van der Waals surface area contributed by atoms with E-state index in [1.54, 1.807) is 0 Å². The summed E-state index contributed by atoms with van der Waals surface area (Å²) >= 11 is 0. The van der Waals surface area contributed by atoms with Crippen LogP contribution in [0.3, 0.4) is 0 Å². The Morgan fingerprint density at radius 3 is 2.59 bits per heavy atom. The van der Waals surface area contributed by atoms with Gasteiger partial charge in [-0.05, 0) is 60.3 Å². The zero-order valence-corrected chi connectivity index (χ0v) is 15.4. The molecule has 0 saturated carbocycles. The topological polar surface area (TPSA) is 29.0 Å². The van der Waals surface area contributed by atoms with Gasteiger partial charge in [-0.3, -0.25) is 14.9 Å². The van der Waals surface area contributed by atoms with E-state index in [4.69, 9.17) is 0 Å². The number of aromatic nitrogens is 2. The van der Waals surface area contributed by atoms with Crippen LogP contribution in [0, 0.1) is 5.82 Å². The van der Waals surface area contributed by atoms with Gasteiger partial charge in [0, 0.05) is 43.3 Å². The Kier molecular flexibility index (Phi) is 5.54. The second-order valence-corrected chi connectivity index (χ2v) is 7.23. The maximum atomic E-state index is 13.1. The van der Waals surface area contributed by atoms with Gasteiger partial charge in [0.2, 0.25) is 0 Å². The van der Waals surface area contributed by atoms with Crippen LogP contribution in [0.2, 0.25) is 0 Å². The van der Waals surface area contributed by atoms with Crippen LogP contribution < -0.4 is 0 Å². The average Bonchev–Trinajstić information content (AvgIpc) is 2.72. The molecule has 3 heterocycles. The van der Waals surface area contributed by atoms with Gasteiger partial charge in [0.15, 0.2) is 0 Å². The van der Waals surface area contributed by atoms with Gasteiger partial charge < -0.3 is 0 Å². The van der Waals surface area contributed by atoms with Crippen LogP contribution in [0.1, 0.15) is 47.7 Å². The molecule has 1 aromatic carbocycles. The summed E-state index contributed by atoms with van der Waals surface area (Å²) in [5, 5.41) is 0. The summed E-state index contributed by atoms with van der Waals surface area (Å²) in [6.07, 6.45) is 10.2. The fourth-order valence-electron chi connectivity index (χ4n) is 3.83. The molecule has 4 heteroatoms. The first-order valence-corrected chi connectivity index (χ1v) is 9.60. The van der Waals surface area contributed by atoms with Crippen LogP contribution in [0.4, 0.5) is 4.39 Å². The lowest BCUT2D eigenvalue weighted by atomic mass is 9.95. The van der Waals surface area contributed by atoms with Gasteiger partial charge in [0.1, 0.15) is 5.82 Å². The van der Waals surface area contributed by atoms with Crippen molar-refractivity contribution in [2.24, 2.45) is 0 Å². The zero-order chi connectivity index (χ0) is 18.5. The minimum atomic E-state index is -0.201. The molecule has 3 aromatic rings. The summed E-state index contributed by atoms with van der Waals surface area (Å²) < 4.78 is 13.1. The van der Waals surface area contributed by atoms with Crippen LogP contribution in [0.25, 0.3) is 0 Å². The number of hydrogen-bond donors (Lipinski definition) is 0. The predicted octanol–water partition coefficient (Wildman–Crippen LogP) is 4.93. The molecule has 0 N–H and O–H groups in total. The van der Waals surface area contributed by atoms with Crippen molar-refractivity contribution in [2.45, 2.75) is 38.3 Å². The Morgan fingerprint density at radius 2 is 1.85 bits per heavy atom. The fourth-order valence-corrected chi connectivity index (χ4v) is 3.83. The van der Waals surface area contributed by atoms with Crippen LogP contribution in [0.15, 0.2) is 67.1 Å². The monoisotopic (exact) mass is 361 g/mol. The van der Waals surface area contributed by atoms with Gasteiger partial charge in [-0.25, -0.2) is 4.39 Å². The third-order valence-electron chi connectivity index (χ3n) is 5.25. The molecule has 0 spiro atoms. The quantitative estimate of drug-likeness (QED) is 0.645. The first-order chi connectivity index (χ1) is 13.3. The summed E-state index contributed by atoms with van der Waals surface area (Å²) in [4.78, 5) is 11.5. The van der Waals surface area contributed by atoms with Gasteiger partial charge in [-0.15, -0.1) is 0 Å². The van der Waals surface area contributed by atoms with Crippen molar-refractivity contribution >= 4 is 0 Å². The molecule has 1 saturated heterocycles. The maximum Gasteiger partial charge on any atom is 0.123 e. The number of halogens is 1. The van der Waals surface area contributed by atoms with Crippen molar-refractivity contribution < 1.29 is 4.39 Å². The van der Waals surface area contributed by atoms with Gasteiger partial charge in [0.25, 0.3) is 0 Å². The summed E-state index contributed by atoms with van der Waals surface area (Å²) in [5.41, 5.74) is 4.62. The summed E-state index contributed by atoms with van der Waals surface area (Å²) in [6.45, 7) is 2.03. The second kappa shape index (κ2) is 8.40. The van der Waals surface area contributed by atoms with E-state index in [2.05, 4.69) is 33.1 Å². The SMILES string of the molecule is Fc1ccc(Cc2ccc([C@H]3CCCCN3Cc3cccnc3)cn2)cc1. The molecule has 0 aliphatic carbocycles. The molecule has 0 amide bonds. The number of likely N-dealkylation sites (tertiary alicyclic amines) is 1. The maximum absolute atomic E-state index is 13.1. The van der Waals surface area contributed by atoms with Crippen LogP contribution in [0.5, 0.6) is 0 Å². The molecule has 1 atom stereocenters. The average molecular weight is 361 g/mol. The highest BCUT2D eigenvalue weighted by Crippen LogP contribution is 2.31. The van der Waals surface area contributed by atoms with Gasteiger partial charge in [0.05, 0.1) is 0 Å². The number of hydrogen-bond acceptors (Lipinski definition) is 3. The van der Waals surface area contributed by atoms with Crippen LogP contribution in [-0.2, 0) is 13.0 Å². The van der Waals surface area contributed by atoms with E-state index in [9.17, 15) is 4.39 Å². The van der Waals surface area contributed by atoms with E-state index in [-0.39, 0.29) is 5.82 Å². The number of pyridine rings is 2. The van der Waals surface area contributed by atoms with Crippen molar-refractivity contribution in [1.82, 2.24) is 14.9 Å². The van der Waals surface area contributed by atoms with Crippen molar-refractivity contribution in [1.29, 1.82) is 0 Å². The molecule has 0 unspecified atom stereocenters. The molecule has 2 aromatic heterocycles. The smallest absolute Gasteiger partial charge is 0.123 e. The fraction of sp³-hybridized carbons (Fsp3) is 0.304. The zero-order valence-electron chi connectivity index (χ0n) is 15.4. The highest BCUT2D eigenvalue weighted by atomic mass is 19.1. The molecule has 0 bridgehead atoms. The highest BCUT2D eigenvalue weighted by Gasteiger charge is 2.24. The third-order valence-corrected chi connectivity index (χ3v) is 5.25. The minimum Gasteiger partial charge on any atom is -0.292 e. The third kappa shape index (κ3) is 4.58. The number of rotatable bonds is 5. The number of benzene rings is 1. The summed E-state index contributed by atoms with van der Waals surface area (Å²) in [5.74, 6) is -0.201. The summed E-state index contributed by atoms with van der Waals surface area (Å²) in [6, 6.07) is 15.5. The number of nitrogens with zero attached hydrogens (tertiary/aromatic N) is 3. The lowest BCUT2D eigenvalue weighted by Gasteiger charge is -2.36. The highest BCUT2D eigenvalue weighted by molar-refractivity contribution is 5.25. The standard InChI is InChI=1S/C23H24FN3/c24-21-9-6-18(7-10-21)14-22-11-8-20(16-26-22)23-5-1-2-13-27(23)17-19-4-3-12-25-15-19/h3-4,6-12,15-16,23H,1-2,5,13-14,17H2/t23-/m1/s1. The molecule has 1 aliphatic rings. The van der Waals surface area contributed by atoms with E-state index in [1.807, 2.05) is 36.8 Å².